The van der Waals surface area contributed by atoms with Crippen molar-refractivity contribution in [3.63, 3.8) is 0 Å². The summed E-state index contributed by atoms with van der Waals surface area (Å²) in [6.07, 6.45) is 0.757. The van der Waals surface area contributed by atoms with Crippen LogP contribution >= 0.6 is 38.9 Å². The van der Waals surface area contributed by atoms with Crippen molar-refractivity contribution in [3.8, 4) is 0 Å². The number of halogens is 2. The fourth-order valence-electron chi connectivity index (χ4n) is 1.67. The van der Waals surface area contributed by atoms with E-state index in [1.54, 1.807) is 11.3 Å². The van der Waals surface area contributed by atoms with Gasteiger partial charge in [-0.25, -0.2) is 4.98 Å². The average Bonchev–Trinajstić information content (AvgIpc) is 2.75. The quantitative estimate of drug-likeness (QED) is 0.657. The lowest BCUT2D eigenvalue weighted by atomic mass is 10.1. The summed E-state index contributed by atoms with van der Waals surface area (Å²) in [6, 6.07) is 5.85. The van der Waals surface area contributed by atoms with Gasteiger partial charge in [0.2, 0.25) is 0 Å². The molecule has 18 heavy (non-hydrogen) atoms. The monoisotopic (exact) mass is 345 g/mol. The average molecular weight is 347 g/mol. The Hall–Kier alpha value is -0.460. The van der Waals surface area contributed by atoms with Gasteiger partial charge in [-0.05, 0) is 40.5 Å². The molecule has 1 unspecified atom stereocenters. The van der Waals surface area contributed by atoms with Gasteiger partial charge >= 0.3 is 0 Å². The maximum absolute atomic E-state index is 6.09. The first-order valence-electron chi connectivity index (χ1n) is 5.42. The van der Waals surface area contributed by atoms with Crippen molar-refractivity contribution in [1.29, 1.82) is 0 Å². The summed E-state index contributed by atoms with van der Waals surface area (Å²) in [5.74, 6) is 5.62. The van der Waals surface area contributed by atoms with Crippen LogP contribution < -0.4 is 11.3 Å². The fraction of sp³-hybridized carbons (Fsp3) is 0.250. The minimum absolute atomic E-state index is 0.0150. The first-order valence-corrected chi connectivity index (χ1v) is 7.47. The molecule has 0 amide bonds. The number of hydrazine groups is 1. The Balaban J connectivity index is 2.19. The number of benzene rings is 1. The van der Waals surface area contributed by atoms with Crippen molar-refractivity contribution in [1.82, 2.24) is 10.4 Å². The van der Waals surface area contributed by atoms with Gasteiger partial charge in [-0.2, -0.15) is 0 Å². The molecule has 2 rings (SSSR count). The largest absolute Gasteiger partial charge is 0.271 e. The number of aromatic nitrogens is 1. The maximum Gasteiger partial charge on any atom is 0.0947 e. The van der Waals surface area contributed by atoms with Crippen molar-refractivity contribution >= 4 is 38.9 Å². The molecule has 1 heterocycles. The molecule has 1 atom stereocenters. The third-order valence-electron chi connectivity index (χ3n) is 2.59. The molecule has 3 N–H and O–H groups in total. The van der Waals surface area contributed by atoms with Gasteiger partial charge in [0.05, 0.1) is 16.1 Å². The van der Waals surface area contributed by atoms with Gasteiger partial charge in [-0.3, -0.25) is 11.3 Å². The number of hydrogen-bond donors (Lipinski definition) is 2. The molecule has 1 aromatic heterocycles. The number of aryl methyl sites for hydroxylation is 1. The summed E-state index contributed by atoms with van der Waals surface area (Å²) in [4.78, 5) is 4.44. The summed E-state index contributed by atoms with van der Waals surface area (Å²) < 4.78 is 0.883. The number of thiazole rings is 1. The Morgan fingerprint density at radius 3 is 2.89 bits per heavy atom. The Morgan fingerprint density at radius 1 is 1.56 bits per heavy atom. The van der Waals surface area contributed by atoms with E-state index in [2.05, 4.69) is 26.3 Å². The zero-order chi connectivity index (χ0) is 13.1. The van der Waals surface area contributed by atoms with Gasteiger partial charge in [0, 0.05) is 22.0 Å². The van der Waals surface area contributed by atoms with Crippen LogP contribution in [0.25, 0.3) is 0 Å². The number of hydrogen-bond acceptors (Lipinski definition) is 4. The normalized spacial score (nSPS) is 12.7. The molecule has 3 nitrogen and oxygen atoms in total. The van der Waals surface area contributed by atoms with Crippen LogP contribution in [-0.4, -0.2) is 4.98 Å². The molecule has 0 spiro atoms. The molecule has 0 saturated carbocycles. The minimum Gasteiger partial charge on any atom is -0.271 e. The van der Waals surface area contributed by atoms with Crippen LogP contribution in [0.2, 0.25) is 5.02 Å². The Labute approximate surface area is 123 Å². The Bertz CT molecular complexity index is 544. The summed E-state index contributed by atoms with van der Waals surface area (Å²) in [5, 5.41) is 3.79. The summed E-state index contributed by atoms with van der Waals surface area (Å²) in [5.41, 5.74) is 4.91. The second kappa shape index (κ2) is 6.12. The number of nitrogens with zero attached hydrogens (tertiary/aromatic N) is 1. The highest BCUT2D eigenvalue weighted by atomic mass is 79.9. The van der Waals surface area contributed by atoms with Crippen LogP contribution in [0.1, 0.15) is 22.3 Å². The van der Waals surface area contributed by atoms with Gasteiger partial charge in [0.15, 0.2) is 0 Å². The molecule has 1 aromatic carbocycles. The Morgan fingerprint density at radius 2 is 2.33 bits per heavy atom. The van der Waals surface area contributed by atoms with Gasteiger partial charge in [-0.15, -0.1) is 11.3 Å². The van der Waals surface area contributed by atoms with Crippen molar-refractivity contribution in [2.45, 2.75) is 19.4 Å². The molecule has 0 aliphatic carbocycles. The molecule has 96 valence electrons. The van der Waals surface area contributed by atoms with E-state index in [9.17, 15) is 0 Å². The summed E-state index contributed by atoms with van der Waals surface area (Å²) in [6.45, 7) is 1.99. The van der Waals surface area contributed by atoms with E-state index in [1.165, 1.54) is 0 Å². The number of rotatable bonds is 4. The SMILES string of the molecule is Cc1csc(CC(NN)c2ccc(Br)c(Cl)c2)n1. The molecule has 0 aliphatic heterocycles. The van der Waals surface area contributed by atoms with Crippen molar-refractivity contribution < 1.29 is 0 Å². The van der Waals surface area contributed by atoms with Crippen LogP contribution in [0.15, 0.2) is 28.1 Å². The van der Waals surface area contributed by atoms with E-state index < -0.39 is 0 Å². The lowest BCUT2D eigenvalue weighted by molar-refractivity contribution is 0.550. The molecule has 0 bridgehead atoms. The van der Waals surface area contributed by atoms with Crippen LogP contribution in [0.5, 0.6) is 0 Å². The lowest BCUT2D eigenvalue weighted by Gasteiger charge is -2.15. The first kappa shape index (κ1) is 14.0. The molecular weight excluding hydrogens is 334 g/mol. The molecule has 0 aliphatic rings. The highest BCUT2D eigenvalue weighted by Crippen LogP contribution is 2.27. The fourth-order valence-corrected chi connectivity index (χ4v) is 2.93. The van der Waals surface area contributed by atoms with Gasteiger partial charge in [0.1, 0.15) is 0 Å². The van der Waals surface area contributed by atoms with Crippen molar-refractivity contribution in [3.05, 3.63) is 49.3 Å². The minimum atomic E-state index is 0.0150. The highest BCUT2D eigenvalue weighted by molar-refractivity contribution is 9.10. The molecule has 6 heteroatoms. The third-order valence-corrected chi connectivity index (χ3v) is 4.81. The number of nitrogens with two attached hydrogens (primary N) is 1. The third kappa shape index (κ3) is 3.30. The summed E-state index contributed by atoms with van der Waals surface area (Å²) >= 11 is 11.1. The van der Waals surface area contributed by atoms with Crippen LogP contribution in [0.4, 0.5) is 0 Å². The van der Waals surface area contributed by atoms with Crippen LogP contribution in [0, 0.1) is 6.92 Å². The predicted octanol–water partition coefficient (Wildman–Crippen LogP) is 3.61. The van der Waals surface area contributed by atoms with Gasteiger partial charge < -0.3 is 0 Å². The second-order valence-corrected chi connectivity index (χ2v) is 6.18. The van der Waals surface area contributed by atoms with E-state index in [0.29, 0.717) is 5.02 Å². The highest BCUT2D eigenvalue weighted by Gasteiger charge is 2.13. The van der Waals surface area contributed by atoms with E-state index in [0.717, 1.165) is 27.2 Å². The molecule has 0 radical (unpaired) electrons. The smallest absolute Gasteiger partial charge is 0.0947 e. The van der Waals surface area contributed by atoms with Crippen molar-refractivity contribution in [2.24, 2.45) is 5.84 Å². The van der Waals surface area contributed by atoms with E-state index in [-0.39, 0.29) is 6.04 Å². The second-order valence-electron chi connectivity index (χ2n) is 3.98. The van der Waals surface area contributed by atoms with Gasteiger partial charge in [0.25, 0.3) is 0 Å². The standard InChI is InChI=1S/C12H13BrClN3S/c1-7-6-18-12(16-7)5-11(17-15)8-2-3-9(13)10(14)4-8/h2-4,6,11,17H,5,15H2,1H3. The number of nitrogens with one attached hydrogen (secondary N) is 1. The zero-order valence-corrected chi connectivity index (χ0v) is 12.9. The molecular formula is C12H13BrClN3S. The molecule has 0 fully saturated rings. The molecule has 0 saturated heterocycles. The van der Waals surface area contributed by atoms with Gasteiger partial charge in [-0.1, -0.05) is 17.7 Å². The van der Waals surface area contributed by atoms with Crippen LogP contribution in [-0.2, 0) is 6.42 Å². The van der Waals surface area contributed by atoms with Crippen LogP contribution in [0.3, 0.4) is 0 Å². The zero-order valence-electron chi connectivity index (χ0n) is 9.78. The van der Waals surface area contributed by atoms with E-state index >= 15 is 0 Å². The van der Waals surface area contributed by atoms with Crippen molar-refractivity contribution in [2.75, 3.05) is 0 Å². The maximum atomic E-state index is 6.09. The summed E-state index contributed by atoms with van der Waals surface area (Å²) in [7, 11) is 0. The van der Waals surface area contributed by atoms with E-state index in [1.807, 2.05) is 30.5 Å². The molecule has 2 aromatic rings. The lowest BCUT2D eigenvalue weighted by Crippen LogP contribution is -2.29. The van der Waals surface area contributed by atoms with E-state index in [4.69, 9.17) is 17.4 Å². The Kier molecular flexibility index (Phi) is 4.75. The first-order chi connectivity index (χ1) is 8.60. The topological polar surface area (TPSA) is 50.9 Å². The predicted molar refractivity (Wildman–Crippen MR) is 79.8 cm³/mol.